The Kier molecular flexibility index (Phi) is 7.55. The van der Waals surface area contributed by atoms with Crippen LogP contribution in [-0.4, -0.2) is 72.2 Å². The molecule has 1 aromatic heterocycles. The van der Waals surface area contributed by atoms with Crippen molar-refractivity contribution < 1.29 is 9.53 Å². The van der Waals surface area contributed by atoms with Gasteiger partial charge in [-0.05, 0) is 25.0 Å². The summed E-state index contributed by atoms with van der Waals surface area (Å²) in [4.78, 5) is 20.9. The smallest absolute Gasteiger partial charge is 0.251 e. The molecular formula is C17H28IN5O2. The van der Waals surface area contributed by atoms with Crippen LogP contribution in [0.25, 0.3) is 0 Å². The van der Waals surface area contributed by atoms with Crippen LogP contribution in [0.2, 0.25) is 0 Å². The lowest BCUT2D eigenvalue weighted by molar-refractivity contribution is -0.142. The molecule has 3 heterocycles. The summed E-state index contributed by atoms with van der Waals surface area (Å²) in [5.41, 5.74) is 1.21. The van der Waals surface area contributed by atoms with Gasteiger partial charge in [-0.2, -0.15) is 0 Å². The monoisotopic (exact) mass is 461 g/mol. The zero-order valence-corrected chi connectivity index (χ0v) is 17.3. The molecule has 2 aliphatic heterocycles. The molecule has 2 saturated heterocycles. The number of ether oxygens (including phenoxy) is 1. The fraction of sp³-hybridized carbons (Fsp3) is 0.647. The first kappa shape index (κ1) is 20.0. The molecule has 0 radical (unpaired) electrons. The van der Waals surface area contributed by atoms with Gasteiger partial charge in [-0.25, -0.2) is 0 Å². The van der Waals surface area contributed by atoms with Gasteiger partial charge in [0.2, 0.25) is 0 Å². The minimum absolute atomic E-state index is 0. The van der Waals surface area contributed by atoms with Crippen molar-refractivity contribution in [2.45, 2.75) is 25.5 Å². The van der Waals surface area contributed by atoms with Crippen LogP contribution in [0.3, 0.4) is 0 Å². The summed E-state index contributed by atoms with van der Waals surface area (Å²) >= 11 is 0. The normalized spacial score (nSPS) is 21.2. The van der Waals surface area contributed by atoms with E-state index in [0.717, 1.165) is 51.5 Å². The number of nitrogens with zero attached hydrogens (tertiary/aromatic N) is 4. The number of guanidine groups is 1. The molecule has 2 aliphatic rings. The molecular weight excluding hydrogens is 433 g/mol. The Morgan fingerprint density at radius 3 is 2.60 bits per heavy atom. The van der Waals surface area contributed by atoms with Crippen molar-refractivity contribution in [3.05, 3.63) is 24.0 Å². The van der Waals surface area contributed by atoms with Crippen molar-refractivity contribution >= 4 is 35.8 Å². The van der Waals surface area contributed by atoms with Crippen LogP contribution >= 0.6 is 24.0 Å². The molecule has 1 amide bonds. The first-order valence-corrected chi connectivity index (χ1v) is 8.65. The van der Waals surface area contributed by atoms with Crippen LogP contribution in [-0.2, 0) is 23.1 Å². The highest BCUT2D eigenvalue weighted by atomic mass is 127. The maximum Gasteiger partial charge on any atom is 0.251 e. The number of hydrogen-bond acceptors (Lipinski definition) is 3. The van der Waals surface area contributed by atoms with Crippen molar-refractivity contribution in [3.8, 4) is 0 Å². The number of carbonyl (C=O) groups is 1. The SMILES string of the molecule is CN=C(NCc1cccn1C)N1CCN(C(=O)C2CCCO2)CC1.I. The summed E-state index contributed by atoms with van der Waals surface area (Å²) in [5.74, 6) is 1.04. The molecule has 0 saturated carbocycles. The molecule has 3 rings (SSSR count). The van der Waals surface area contributed by atoms with E-state index in [2.05, 4.69) is 25.8 Å². The maximum absolute atomic E-state index is 12.4. The number of aromatic nitrogens is 1. The van der Waals surface area contributed by atoms with Gasteiger partial charge < -0.3 is 24.4 Å². The highest BCUT2D eigenvalue weighted by molar-refractivity contribution is 14.0. The highest BCUT2D eigenvalue weighted by Gasteiger charge is 2.30. The lowest BCUT2D eigenvalue weighted by Crippen LogP contribution is -2.55. The molecule has 1 aromatic rings. The lowest BCUT2D eigenvalue weighted by Gasteiger charge is -2.37. The predicted octanol–water partition coefficient (Wildman–Crippen LogP) is 1.04. The van der Waals surface area contributed by atoms with Crippen LogP contribution < -0.4 is 5.32 Å². The van der Waals surface area contributed by atoms with Crippen molar-refractivity contribution in [1.29, 1.82) is 0 Å². The first-order valence-electron chi connectivity index (χ1n) is 8.65. The standard InChI is InChI=1S/C17H27N5O2.HI/c1-18-17(19-13-14-5-3-7-20(14)2)22-10-8-21(9-11-22)16(23)15-6-4-12-24-15;/h3,5,7,15H,4,6,8-13H2,1-2H3,(H,18,19);1H. The minimum atomic E-state index is -0.216. The molecule has 7 nitrogen and oxygen atoms in total. The number of aryl methyl sites for hydroxylation is 1. The van der Waals surface area contributed by atoms with Gasteiger partial charge >= 0.3 is 0 Å². The van der Waals surface area contributed by atoms with Crippen LogP contribution in [0.1, 0.15) is 18.5 Å². The Hall–Kier alpha value is -1.29. The van der Waals surface area contributed by atoms with Gasteiger partial charge in [0.05, 0.1) is 6.54 Å². The van der Waals surface area contributed by atoms with Crippen LogP contribution in [0.5, 0.6) is 0 Å². The number of rotatable bonds is 3. The predicted molar refractivity (Wildman–Crippen MR) is 108 cm³/mol. The average Bonchev–Trinajstić information content (AvgIpc) is 3.27. The second-order valence-corrected chi connectivity index (χ2v) is 6.33. The van der Waals surface area contributed by atoms with E-state index in [1.807, 2.05) is 24.2 Å². The third kappa shape index (κ3) is 4.87. The van der Waals surface area contributed by atoms with Crippen LogP contribution in [0, 0.1) is 0 Å². The Labute approximate surface area is 166 Å². The minimum Gasteiger partial charge on any atom is -0.368 e. The topological polar surface area (TPSA) is 62.1 Å². The van der Waals surface area contributed by atoms with Gasteiger partial charge in [0.15, 0.2) is 5.96 Å². The number of halogens is 1. The van der Waals surface area contributed by atoms with Crippen molar-refractivity contribution in [1.82, 2.24) is 19.7 Å². The molecule has 0 aromatic carbocycles. The first-order chi connectivity index (χ1) is 11.7. The van der Waals surface area contributed by atoms with Crippen molar-refractivity contribution in [2.75, 3.05) is 39.8 Å². The Bertz CT molecular complexity index is 590. The third-order valence-corrected chi connectivity index (χ3v) is 4.79. The quantitative estimate of drug-likeness (QED) is 0.415. The fourth-order valence-corrected chi connectivity index (χ4v) is 3.30. The largest absolute Gasteiger partial charge is 0.368 e. The average molecular weight is 461 g/mol. The Morgan fingerprint density at radius 2 is 2.04 bits per heavy atom. The molecule has 1 N–H and O–H groups in total. The molecule has 1 unspecified atom stereocenters. The summed E-state index contributed by atoms with van der Waals surface area (Å²) in [6.07, 6.45) is 3.67. The molecule has 0 bridgehead atoms. The molecule has 8 heteroatoms. The Balaban J connectivity index is 0.00000225. The fourth-order valence-electron chi connectivity index (χ4n) is 3.30. The van der Waals surface area contributed by atoms with E-state index in [9.17, 15) is 4.79 Å². The lowest BCUT2D eigenvalue weighted by atomic mass is 10.2. The summed E-state index contributed by atoms with van der Waals surface area (Å²) in [6, 6.07) is 4.13. The summed E-state index contributed by atoms with van der Waals surface area (Å²) < 4.78 is 7.61. The van der Waals surface area contributed by atoms with E-state index >= 15 is 0 Å². The summed E-state index contributed by atoms with van der Waals surface area (Å²) in [5, 5.41) is 3.41. The Morgan fingerprint density at radius 1 is 1.32 bits per heavy atom. The van der Waals surface area contributed by atoms with Crippen molar-refractivity contribution in [2.24, 2.45) is 12.0 Å². The number of amides is 1. The number of aliphatic imine (C=N–C) groups is 1. The molecule has 2 fully saturated rings. The van der Waals surface area contributed by atoms with Gasteiger partial charge in [-0.15, -0.1) is 24.0 Å². The van der Waals surface area contributed by atoms with Gasteiger partial charge in [-0.3, -0.25) is 9.79 Å². The zero-order chi connectivity index (χ0) is 16.9. The number of carbonyl (C=O) groups excluding carboxylic acids is 1. The highest BCUT2D eigenvalue weighted by Crippen LogP contribution is 2.16. The molecule has 1 atom stereocenters. The number of piperazine rings is 1. The van der Waals surface area contributed by atoms with E-state index in [1.165, 1.54) is 5.69 Å². The molecule has 140 valence electrons. The molecule has 25 heavy (non-hydrogen) atoms. The van der Waals surface area contributed by atoms with Gasteiger partial charge in [0.1, 0.15) is 6.10 Å². The number of hydrogen-bond donors (Lipinski definition) is 1. The summed E-state index contributed by atoms with van der Waals surface area (Å²) in [7, 11) is 3.84. The van der Waals surface area contributed by atoms with E-state index in [1.54, 1.807) is 7.05 Å². The van der Waals surface area contributed by atoms with Crippen molar-refractivity contribution in [3.63, 3.8) is 0 Å². The maximum atomic E-state index is 12.4. The van der Waals surface area contributed by atoms with Gasteiger partial charge in [0.25, 0.3) is 5.91 Å². The molecule has 0 spiro atoms. The van der Waals surface area contributed by atoms with E-state index in [0.29, 0.717) is 6.61 Å². The zero-order valence-electron chi connectivity index (χ0n) is 15.0. The third-order valence-electron chi connectivity index (χ3n) is 4.79. The summed E-state index contributed by atoms with van der Waals surface area (Å²) in [6.45, 7) is 4.50. The second-order valence-electron chi connectivity index (χ2n) is 6.33. The van der Waals surface area contributed by atoms with Crippen LogP contribution in [0.15, 0.2) is 23.3 Å². The van der Waals surface area contributed by atoms with E-state index in [4.69, 9.17) is 4.74 Å². The van der Waals surface area contributed by atoms with Gasteiger partial charge in [-0.1, -0.05) is 0 Å². The molecule has 0 aliphatic carbocycles. The van der Waals surface area contributed by atoms with Crippen LogP contribution in [0.4, 0.5) is 0 Å². The second kappa shape index (κ2) is 9.42. The van der Waals surface area contributed by atoms with E-state index in [-0.39, 0.29) is 36.0 Å². The number of nitrogens with one attached hydrogen (secondary N) is 1. The van der Waals surface area contributed by atoms with Gasteiger partial charge in [0, 0.05) is 58.8 Å². The van der Waals surface area contributed by atoms with E-state index < -0.39 is 0 Å².